The fraction of sp³-hybridized carbons (Fsp3) is 0.750. The van der Waals surface area contributed by atoms with Gasteiger partial charge in [-0.3, -0.25) is 4.79 Å². The van der Waals surface area contributed by atoms with E-state index in [4.69, 9.17) is 4.74 Å². The van der Waals surface area contributed by atoms with Crippen molar-refractivity contribution in [1.29, 1.82) is 0 Å². The minimum absolute atomic E-state index is 0.0226. The predicted octanol–water partition coefficient (Wildman–Crippen LogP) is 3.81. The zero-order valence-electron chi connectivity index (χ0n) is 15.1. The molecule has 0 radical (unpaired) electrons. The van der Waals surface area contributed by atoms with Gasteiger partial charge in [0.05, 0.1) is 11.5 Å². The van der Waals surface area contributed by atoms with Gasteiger partial charge in [0, 0.05) is 11.8 Å². The number of hydrogen-bond donors (Lipinski definition) is 1. The van der Waals surface area contributed by atoms with Crippen molar-refractivity contribution in [3.8, 4) is 0 Å². The Hall–Kier alpha value is -0.930. The van der Waals surface area contributed by atoms with Gasteiger partial charge in [-0.15, -0.1) is 6.58 Å². The highest BCUT2D eigenvalue weighted by Gasteiger charge is 2.64. The molecule has 3 aliphatic rings. The van der Waals surface area contributed by atoms with Gasteiger partial charge in [0.2, 0.25) is 0 Å². The van der Waals surface area contributed by atoms with Crippen molar-refractivity contribution in [1.82, 2.24) is 0 Å². The molecule has 0 bridgehead atoms. The highest BCUT2D eigenvalue weighted by Crippen LogP contribution is 2.62. The highest BCUT2D eigenvalue weighted by atomic mass is 16.5. The van der Waals surface area contributed by atoms with E-state index in [1.54, 1.807) is 6.08 Å². The van der Waals surface area contributed by atoms with Crippen molar-refractivity contribution in [3.63, 3.8) is 0 Å². The van der Waals surface area contributed by atoms with Crippen molar-refractivity contribution in [2.45, 2.75) is 77.6 Å². The maximum Gasteiger partial charge on any atom is 0.143 e. The van der Waals surface area contributed by atoms with Gasteiger partial charge in [-0.05, 0) is 32.1 Å². The Balaban J connectivity index is 2.17. The molecule has 3 heteroatoms. The molecule has 1 N–H and O–H groups in total. The SMILES string of the molecule is C=C[C@@]1(C)CC(=O)[C@H]2[C@](C)(O1)[C@H](O)C=C1C(C)(C)CCC[C@@]12C. The number of rotatable bonds is 1. The van der Waals surface area contributed by atoms with Gasteiger partial charge < -0.3 is 9.84 Å². The number of allylic oxidation sites excluding steroid dienone is 1. The molecule has 3 rings (SSSR count). The minimum Gasteiger partial charge on any atom is -0.386 e. The summed E-state index contributed by atoms with van der Waals surface area (Å²) in [5.41, 5.74) is -0.547. The van der Waals surface area contributed by atoms with E-state index in [1.807, 2.05) is 19.9 Å². The standard InChI is InChI=1S/C20H30O3/c1-7-18(4)12-13(21)16-19(5)10-8-9-17(2,3)14(19)11-15(22)20(16,6)23-18/h7,11,15-16,22H,1,8-10,12H2,2-6H3/t15-,16-,18+,19+,20-/m1/s1. The fourth-order valence-corrected chi connectivity index (χ4v) is 5.68. The summed E-state index contributed by atoms with van der Waals surface area (Å²) < 4.78 is 6.35. The van der Waals surface area contributed by atoms with E-state index in [2.05, 4.69) is 27.4 Å². The van der Waals surface area contributed by atoms with E-state index in [0.717, 1.165) is 19.3 Å². The number of ketones is 1. The predicted molar refractivity (Wildman–Crippen MR) is 91.0 cm³/mol. The van der Waals surface area contributed by atoms with Crippen LogP contribution in [0.5, 0.6) is 0 Å². The van der Waals surface area contributed by atoms with Crippen LogP contribution in [0.1, 0.15) is 60.3 Å². The topological polar surface area (TPSA) is 46.5 Å². The molecule has 1 saturated carbocycles. The number of hydrogen-bond acceptors (Lipinski definition) is 3. The Bertz CT molecular complexity index is 590. The van der Waals surface area contributed by atoms with Crippen LogP contribution in [0.25, 0.3) is 0 Å². The van der Waals surface area contributed by atoms with Gasteiger partial charge in [-0.2, -0.15) is 0 Å². The summed E-state index contributed by atoms with van der Waals surface area (Å²) in [6, 6.07) is 0. The molecule has 23 heavy (non-hydrogen) atoms. The summed E-state index contributed by atoms with van der Waals surface area (Å²) in [7, 11) is 0. The Morgan fingerprint density at radius 2 is 1.91 bits per heavy atom. The summed E-state index contributed by atoms with van der Waals surface area (Å²) >= 11 is 0. The van der Waals surface area contributed by atoms with E-state index >= 15 is 0 Å². The van der Waals surface area contributed by atoms with E-state index in [9.17, 15) is 9.90 Å². The molecule has 3 nitrogen and oxygen atoms in total. The lowest BCUT2D eigenvalue weighted by Gasteiger charge is -2.61. The smallest absolute Gasteiger partial charge is 0.143 e. The van der Waals surface area contributed by atoms with Gasteiger partial charge in [-0.1, -0.05) is 44.9 Å². The third-order valence-corrected chi connectivity index (χ3v) is 6.70. The zero-order chi connectivity index (χ0) is 17.3. The third kappa shape index (κ3) is 2.20. The first kappa shape index (κ1) is 16.9. The molecule has 0 spiro atoms. The lowest BCUT2D eigenvalue weighted by atomic mass is 9.48. The second-order valence-corrected chi connectivity index (χ2v) is 9.06. The zero-order valence-corrected chi connectivity index (χ0v) is 15.1. The fourth-order valence-electron chi connectivity index (χ4n) is 5.68. The van der Waals surface area contributed by atoms with Gasteiger partial charge in [0.25, 0.3) is 0 Å². The molecule has 1 heterocycles. The van der Waals surface area contributed by atoms with Crippen LogP contribution in [-0.2, 0) is 9.53 Å². The number of carbonyl (C=O) groups is 1. The van der Waals surface area contributed by atoms with E-state index in [-0.39, 0.29) is 22.5 Å². The molecule has 0 unspecified atom stereocenters. The largest absolute Gasteiger partial charge is 0.386 e. The summed E-state index contributed by atoms with van der Waals surface area (Å²) in [5, 5.41) is 10.9. The van der Waals surface area contributed by atoms with Gasteiger partial charge in [0.15, 0.2) is 0 Å². The van der Waals surface area contributed by atoms with Gasteiger partial charge >= 0.3 is 0 Å². The average Bonchev–Trinajstić information content (AvgIpc) is 2.40. The third-order valence-electron chi connectivity index (χ3n) is 6.70. The minimum atomic E-state index is -0.885. The van der Waals surface area contributed by atoms with Crippen LogP contribution in [0.4, 0.5) is 0 Å². The molecule has 0 aromatic rings. The van der Waals surface area contributed by atoms with Crippen LogP contribution < -0.4 is 0 Å². The maximum absolute atomic E-state index is 13.2. The molecule has 1 aliphatic heterocycles. The van der Waals surface area contributed by atoms with E-state index < -0.39 is 17.3 Å². The molecule has 0 aromatic heterocycles. The van der Waals surface area contributed by atoms with Crippen molar-refractivity contribution in [3.05, 3.63) is 24.3 Å². The summed E-state index contributed by atoms with van der Waals surface area (Å²) in [6.07, 6.45) is 6.45. The number of Topliss-reactive ketones (excluding diaryl/α,β-unsaturated/α-hetero) is 1. The van der Waals surface area contributed by atoms with Crippen molar-refractivity contribution in [2.24, 2.45) is 16.7 Å². The average molecular weight is 318 g/mol. The Morgan fingerprint density at radius 3 is 2.52 bits per heavy atom. The van der Waals surface area contributed by atoms with Crippen molar-refractivity contribution in [2.75, 3.05) is 0 Å². The lowest BCUT2D eigenvalue weighted by molar-refractivity contribution is -0.232. The van der Waals surface area contributed by atoms with Gasteiger partial charge in [-0.25, -0.2) is 0 Å². The Labute approximate surface area is 139 Å². The van der Waals surface area contributed by atoms with E-state index in [1.165, 1.54) is 5.57 Å². The maximum atomic E-state index is 13.2. The molecule has 2 fully saturated rings. The molecular formula is C20H30O3. The van der Waals surface area contributed by atoms with Crippen molar-refractivity contribution >= 4 is 5.78 Å². The number of fused-ring (bicyclic) bond motifs is 3. The van der Waals surface area contributed by atoms with Crippen LogP contribution >= 0.6 is 0 Å². The molecule has 1 saturated heterocycles. The van der Waals surface area contributed by atoms with Gasteiger partial charge in [0.1, 0.15) is 17.5 Å². The summed E-state index contributed by atoms with van der Waals surface area (Å²) in [5.74, 6) is -0.0939. The molecule has 0 aromatic carbocycles. The summed E-state index contributed by atoms with van der Waals surface area (Å²) in [4.78, 5) is 13.2. The van der Waals surface area contributed by atoms with Crippen LogP contribution in [0.15, 0.2) is 24.3 Å². The molecule has 128 valence electrons. The number of aliphatic hydroxyl groups excluding tert-OH is 1. The molecular weight excluding hydrogens is 288 g/mol. The highest BCUT2D eigenvalue weighted by molar-refractivity contribution is 5.86. The van der Waals surface area contributed by atoms with Crippen LogP contribution in [0.3, 0.4) is 0 Å². The number of carbonyl (C=O) groups excluding carboxylic acids is 1. The Morgan fingerprint density at radius 1 is 1.26 bits per heavy atom. The first-order chi connectivity index (χ1) is 10.5. The number of aliphatic hydroxyl groups is 1. The van der Waals surface area contributed by atoms with Crippen LogP contribution in [-0.4, -0.2) is 28.2 Å². The normalized spacial score (nSPS) is 49.0. The first-order valence-corrected chi connectivity index (χ1v) is 8.76. The Kier molecular flexibility index (Phi) is 3.53. The van der Waals surface area contributed by atoms with Crippen LogP contribution in [0, 0.1) is 16.7 Å². The summed E-state index contributed by atoms with van der Waals surface area (Å²) in [6.45, 7) is 14.3. The molecule has 2 aliphatic carbocycles. The lowest BCUT2D eigenvalue weighted by Crippen LogP contribution is -2.67. The van der Waals surface area contributed by atoms with E-state index in [0.29, 0.717) is 6.42 Å². The quantitative estimate of drug-likeness (QED) is 0.748. The second-order valence-electron chi connectivity index (χ2n) is 9.06. The molecule has 5 atom stereocenters. The number of ether oxygens (including phenoxy) is 1. The first-order valence-electron chi connectivity index (χ1n) is 8.76. The second kappa shape index (κ2) is 4.80. The van der Waals surface area contributed by atoms with Crippen molar-refractivity contribution < 1.29 is 14.6 Å². The van der Waals surface area contributed by atoms with Crippen LogP contribution in [0.2, 0.25) is 0 Å². The molecule has 0 amide bonds. The monoisotopic (exact) mass is 318 g/mol.